The van der Waals surface area contributed by atoms with Crippen molar-refractivity contribution < 1.29 is 4.79 Å². The zero-order valence-electron chi connectivity index (χ0n) is 10.9. The Balaban J connectivity index is 1.95. The number of alkyl halides is 1. The maximum atomic E-state index is 12.1. The fraction of sp³-hybridized carbons (Fsp3) is 0.571. The number of carbonyl (C=O) groups is 1. The zero-order chi connectivity index (χ0) is 13.1. The molecule has 1 aromatic heterocycles. The molecule has 3 nitrogen and oxygen atoms in total. The van der Waals surface area contributed by atoms with Crippen LogP contribution in [0.15, 0.2) is 12.1 Å². The van der Waals surface area contributed by atoms with Crippen LogP contribution in [0, 0.1) is 19.8 Å². The maximum absolute atomic E-state index is 12.1. The molecule has 1 fully saturated rings. The van der Waals surface area contributed by atoms with Gasteiger partial charge in [0.05, 0.1) is 11.3 Å². The number of aryl methyl sites for hydroxylation is 2. The number of amides is 1. The second-order valence-electron chi connectivity index (χ2n) is 5.00. The molecule has 1 amide bonds. The van der Waals surface area contributed by atoms with Crippen molar-refractivity contribution in [1.29, 1.82) is 0 Å². The highest BCUT2D eigenvalue weighted by atomic mass is 79.9. The molecule has 1 aliphatic rings. The van der Waals surface area contributed by atoms with Gasteiger partial charge in [-0.15, -0.1) is 0 Å². The summed E-state index contributed by atoms with van der Waals surface area (Å²) in [5.74, 6) is 0.555. The molecule has 2 atom stereocenters. The molecule has 1 saturated carbocycles. The summed E-state index contributed by atoms with van der Waals surface area (Å²) in [4.78, 5) is 16.9. The molecule has 2 unspecified atom stereocenters. The van der Waals surface area contributed by atoms with Crippen LogP contribution in [0.4, 0.5) is 0 Å². The van der Waals surface area contributed by atoms with Crippen molar-refractivity contribution in [2.24, 2.45) is 5.92 Å². The first-order chi connectivity index (χ1) is 8.58. The monoisotopic (exact) mass is 310 g/mol. The lowest BCUT2D eigenvalue weighted by molar-refractivity contribution is 0.0947. The molecule has 18 heavy (non-hydrogen) atoms. The van der Waals surface area contributed by atoms with Crippen LogP contribution < -0.4 is 5.32 Å². The van der Waals surface area contributed by atoms with Gasteiger partial charge in [-0.25, -0.2) is 0 Å². The Morgan fingerprint density at radius 2 is 2.22 bits per heavy atom. The van der Waals surface area contributed by atoms with Gasteiger partial charge in [0, 0.05) is 17.1 Å². The Bertz CT molecular complexity index is 447. The SMILES string of the molecule is Cc1ccc(C(=O)NCC2CCCC2Br)c(C)n1. The lowest BCUT2D eigenvalue weighted by Gasteiger charge is -2.15. The van der Waals surface area contributed by atoms with E-state index in [9.17, 15) is 4.79 Å². The molecule has 4 heteroatoms. The number of carbonyl (C=O) groups excluding carboxylic acids is 1. The normalized spacial score (nSPS) is 23.1. The van der Waals surface area contributed by atoms with Crippen molar-refractivity contribution in [3.8, 4) is 0 Å². The van der Waals surface area contributed by atoms with Gasteiger partial charge in [0.2, 0.25) is 0 Å². The Morgan fingerprint density at radius 1 is 1.44 bits per heavy atom. The second-order valence-corrected chi connectivity index (χ2v) is 6.18. The summed E-state index contributed by atoms with van der Waals surface area (Å²) in [5, 5.41) is 3.02. The van der Waals surface area contributed by atoms with E-state index in [0.717, 1.165) is 17.9 Å². The molecule has 2 rings (SSSR count). The van der Waals surface area contributed by atoms with Crippen molar-refractivity contribution in [3.05, 3.63) is 29.1 Å². The molecule has 0 aromatic carbocycles. The highest BCUT2D eigenvalue weighted by Gasteiger charge is 2.25. The maximum Gasteiger partial charge on any atom is 0.253 e. The Morgan fingerprint density at radius 3 is 2.83 bits per heavy atom. The third-order valence-corrected chi connectivity index (χ3v) is 4.77. The first kappa shape index (κ1) is 13.5. The van der Waals surface area contributed by atoms with Crippen LogP contribution in [0.1, 0.15) is 41.0 Å². The number of nitrogens with one attached hydrogen (secondary N) is 1. The average molecular weight is 311 g/mol. The van der Waals surface area contributed by atoms with E-state index >= 15 is 0 Å². The number of hydrogen-bond acceptors (Lipinski definition) is 2. The summed E-state index contributed by atoms with van der Waals surface area (Å²) in [5.41, 5.74) is 2.43. The number of aromatic nitrogens is 1. The number of pyridine rings is 1. The van der Waals surface area contributed by atoms with Gasteiger partial charge in [0.1, 0.15) is 0 Å². The van der Waals surface area contributed by atoms with Gasteiger partial charge in [0.15, 0.2) is 0 Å². The fourth-order valence-corrected chi connectivity index (χ4v) is 3.24. The third-order valence-electron chi connectivity index (χ3n) is 3.56. The third kappa shape index (κ3) is 3.10. The van der Waals surface area contributed by atoms with E-state index in [4.69, 9.17) is 0 Å². The summed E-state index contributed by atoms with van der Waals surface area (Å²) < 4.78 is 0. The van der Waals surface area contributed by atoms with E-state index in [2.05, 4.69) is 26.2 Å². The molecule has 1 aromatic rings. The van der Waals surface area contributed by atoms with Crippen LogP contribution in [0.5, 0.6) is 0 Å². The largest absolute Gasteiger partial charge is 0.352 e. The smallest absolute Gasteiger partial charge is 0.253 e. The molecule has 1 aliphatic carbocycles. The van der Waals surface area contributed by atoms with Gasteiger partial charge in [-0.2, -0.15) is 0 Å². The minimum Gasteiger partial charge on any atom is -0.352 e. The Hall–Kier alpha value is -0.900. The second kappa shape index (κ2) is 5.83. The van der Waals surface area contributed by atoms with Crippen LogP contribution in [-0.2, 0) is 0 Å². The summed E-state index contributed by atoms with van der Waals surface area (Å²) in [6, 6.07) is 3.73. The van der Waals surface area contributed by atoms with E-state index < -0.39 is 0 Å². The molecular weight excluding hydrogens is 292 g/mol. The molecule has 1 heterocycles. The molecular formula is C14H19BrN2O. The standard InChI is InChI=1S/C14H19BrN2O/c1-9-6-7-12(10(2)17-9)14(18)16-8-11-4-3-5-13(11)15/h6-7,11,13H,3-5,8H2,1-2H3,(H,16,18). The minimum absolute atomic E-state index is 0.00778. The summed E-state index contributed by atoms with van der Waals surface area (Å²) >= 11 is 3.67. The van der Waals surface area contributed by atoms with Crippen LogP contribution >= 0.6 is 15.9 Å². The molecule has 0 aliphatic heterocycles. The van der Waals surface area contributed by atoms with Crippen LogP contribution in [0.2, 0.25) is 0 Å². The van der Waals surface area contributed by atoms with E-state index in [-0.39, 0.29) is 5.91 Å². The first-order valence-electron chi connectivity index (χ1n) is 6.44. The van der Waals surface area contributed by atoms with Gasteiger partial charge in [-0.1, -0.05) is 22.4 Å². The van der Waals surface area contributed by atoms with Crippen LogP contribution in [-0.4, -0.2) is 22.3 Å². The lowest BCUT2D eigenvalue weighted by atomic mass is 10.1. The van der Waals surface area contributed by atoms with Gasteiger partial charge < -0.3 is 5.32 Å². The lowest BCUT2D eigenvalue weighted by Crippen LogP contribution is -2.31. The van der Waals surface area contributed by atoms with Crippen LogP contribution in [0.3, 0.4) is 0 Å². The van der Waals surface area contributed by atoms with Gasteiger partial charge >= 0.3 is 0 Å². The minimum atomic E-state index is -0.00778. The molecule has 0 radical (unpaired) electrons. The summed E-state index contributed by atoms with van der Waals surface area (Å²) in [7, 11) is 0. The average Bonchev–Trinajstić information content (AvgIpc) is 2.72. The van der Waals surface area contributed by atoms with E-state index in [0.29, 0.717) is 16.3 Å². The number of rotatable bonds is 3. The molecule has 0 saturated heterocycles. The van der Waals surface area contributed by atoms with Gasteiger partial charge in [-0.05, 0) is 44.7 Å². The highest BCUT2D eigenvalue weighted by molar-refractivity contribution is 9.09. The van der Waals surface area contributed by atoms with E-state index in [1.165, 1.54) is 19.3 Å². The van der Waals surface area contributed by atoms with E-state index in [1.807, 2.05) is 26.0 Å². The molecule has 1 N–H and O–H groups in total. The zero-order valence-corrected chi connectivity index (χ0v) is 12.5. The highest BCUT2D eigenvalue weighted by Crippen LogP contribution is 2.30. The summed E-state index contributed by atoms with van der Waals surface area (Å²) in [6.45, 7) is 4.56. The number of halogens is 1. The first-order valence-corrected chi connectivity index (χ1v) is 7.36. The number of hydrogen-bond donors (Lipinski definition) is 1. The van der Waals surface area contributed by atoms with Crippen LogP contribution in [0.25, 0.3) is 0 Å². The van der Waals surface area contributed by atoms with Crippen molar-refractivity contribution in [2.75, 3.05) is 6.54 Å². The Labute approximate surface area is 117 Å². The van der Waals surface area contributed by atoms with Crippen molar-refractivity contribution >= 4 is 21.8 Å². The molecule has 0 spiro atoms. The quantitative estimate of drug-likeness (QED) is 0.872. The molecule has 98 valence electrons. The predicted octanol–water partition coefficient (Wildman–Crippen LogP) is 2.99. The van der Waals surface area contributed by atoms with Crippen molar-refractivity contribution in [3.63, 3.8) is 0 Å². The molecule has 0 bridgehead atoms. The van der Waals surface area contributed by atoms with Gasteiger partial charge in [0.25, 0.3) is 5.91 Å². The summed E-state index contributed by atoms with van der Waals surface area (Å²) in [6.07, 6.45) is 3.66. The Kier molecular flexibility index (Phi) is 4.38. The topological polar surface area (TPSA) is 42.0 Å². The van der Waals surface area contributed by atoms with E-state index in [1.54, 1.807) is 0 Å². The van der Waals surface area contributed by atoms with Crippen molar-refractivity contribution in [2.45, 2.75) is 37.9 Å². The predicted molar refractivity (Wildman–Crippen MR) is 76.1 cm³/mol. The van der Waals surface area contributed by atoms with Gasteiger partial charge in [-0.3, -0.25) is 9.78 Å². The number of nitrogens with zero attached hydrogens (tertiary/aromatic N) is 1. The fourth-order valence-electron chi connectivity index (χ4n) is 2.47. The van der Waals surface area contributed by atoms with Crippen molar-refractivity contribution in [1.82, 2.24) is 10.3 Å².